The van der Waals surface area contributed by atoms with E-state index in [9.17, 15) is 9.90 Å². The molecule has 1 atom stereocenters. The molecule has 2 aromatic rings. The molecule has 1 aromatic heterocycles. The molecule has 4 nitrogen and oxygen atoms in total. The van der Waals surface area contributed by atoms with Gasteiger partial charge in [-0.1, -0.05) is 31.5 Å². The maximum absolute atomic E-state index is 10.8. The Hall–Kier alpha value is -1.72. The minimum absolute atomic E-state index is 0.00564. The summed E-state index contributed by atoms with van der Waals surface area (Å²) in [7, 11) is 2.19. The number of quaternary nitrogens is 1. The van der Waals surface area contributed by atoms with Crippen molar-refractivity contribution in [2.24, 2.45) is 0 Å². The maximum atomic E-state index is 10.8. The molecule has 0 aliphatic carbocycles. The fraction of sp³-hybridized carbons (Fsp3) is 0.375. The zero-order chi connectivity index (χ0) is 15.2. The molecule has 0 aliphatic heterocycles. The number of rotatable bonds is 7. The number of carbonyl (C=O) groups is 1. The molecular weight excluding hydrogens is 284 g/mol. The van der Waals surface area contributed by atoms with E-state index in [4.69, 9.17) is 0 Å². The Balaban J connectivity index is 2.11. The Labute approximate surface area is 129 Å². The minimum atomic E-state index is -1.22. The van der Waals surface area contributed by atoms with Crippen molar-refractivity contribution in [3.63, 3.8) is 0 Å². The van der Waals surface area contributed by atoms with Crippen LogP contribution in [0.25, 0.3) is 10.6 Å². The monoisotopic (exact) mass is 304 g/mol. The van der Waals surface area contributed by atoms with E-state index in [0.29, 0.717) is 0 Å². The lowest BCUT2D eigenvalue weighted by Crippen LogP contribution is -3.07. The number of hydrogen-bond acceptors (Lipinski definition) is 4. The first kappa shape index (κ1) is 15.7. The van der Waals surface area contributed by atoms with Gasteiger partial charge in [0.25, 0.3) is 0 Å². The van der Waals surface area contributed by atoms with Gasteiger partial charge in [-0.3, -0.25) is 0 Å². The van der Waals surface area contributed by atoms with Crippen LogP contribution in [0.4, 0.5) is 0 Å². The minimum Gasteiger partial charge on any atom is -0.543 e. The lowest BCUT2D eigenvalue weighted by Gasteiger charge is -2.13. The second-order valence-electron chi connectivity index (χ2n) is 5.26. The smallest absolute Gasteiger partial charge is 0.124 e. The zero-order valence-electron chi connectivity index (χ0n) is 12.4. The van der Waals surface area contributed by atoms with Crippen LogP contribution in [-0.4, -0.2) is 24.5 Å². The highest BCUT2D eigenvalue weighted by Crippen LogP contribution is 2.24. The van der Waals surface area contributed by atoms with Gasteiger partial charge < -0.3 is 14.8 Å². The molecule has 0 bridgehead atoms. The van der Waals surface area contributed by atoms with Crippen molar-refractivity contribution >= 4 is 17.3 Å². The van der Waals surface area contributed by atoms with Gasteiger partial charge in [0.05, 0.1) is 25.3 Å². The summed E-state index contributed by atoms with van der Waals surface area (Å²) >= 11 is 1.33. The number of hydrogen-bond donors (Lipinski definition) is 1. The van der Waals surface area contributed by atoms with E-state index >= 15 is 0 Å². The number of carboxylic acid groups (broad SMARTS) is 1. The normalized spacial score (nSPS) is 12.3. The third kappa shape index (κ3) is 4.37. The lowest BCUT2D eigenvalue weighted by atomic mass is 10.1. The van der Waals surface area contributed by atoms with Crippen LogP contribution in [0.15, 0.2) is 29.6 Å². The number of nitrogens with zero attached hydrogens (tertiary/aromatic N) is 1. The lowest BCUT2D eigenvalue weighted by molar-refractivity contribution is -0.894. The number of nitrogens with one attached hydrogen (secondary N) is 1. The molecule has 0 radical (unpaired) electrons. The molecule has 0 saturated heterocycles. The molecule has 0 aliphatic rings. The van der Waals surface area contributed by atoms with Crippen molar-refractivity contribution in [3.05, 3.63) is 40.9 Å². The molecule has 2 rings (SSSR count). The molecule has 112 valence electrons. The van der Waals surface area contributed by atoms with Gasteiger partial charge in [-0.2, -0.15) is 0 Å². The first-order valence-corrected chi connectivity index (χ1v) is 8.05. The summed E-state index contributed by atoms with van der Waals surface area (Å²) in [4.78, 5) is 16.4. The van der Waals surface area contributed by atoms with Crippen LogP contribution < -0.4 is 10.0 Å². The van der Waals surface area contributed by atoms with E-state index in [-0.39, 0.29) is 5.69 Å². The molecule has 0 fully saturated rings. The van der Waals surface area contributed by atoms with Gasteiger partial charge in [0.2, 0.25) is 0 Å². The van der Waals surface area contributed by atoms with Crippen LogP contribution in [0.2, 0.25) is 0 Å². The van der Waals surface area contributed by atoms with Gasteiger partial charge in [-0.25, -0.2) is 4.98 Å². The number of thiazole rings is 1. The van der Waals surface area contributed by atoms with Gasteiger partial charge in [0, 0.05) is 16.5 Å². The highest BCUT2D eigenvalue weighted by Gasteiger charge is 2.08. The summed E-state index contributed by atoms with van der Waals surface area (Å²) in [6, 6.07) is 8.15. The average Bonchev–Trinajstić information content (AvgIpc) is 2.95. The third-order valence-electron chi connectivity index (χ3n) is 3.35. The van der Waals surface area contributed by atoms with Crippen molar-refractivity contribution in [1.82, 2.24) is 4.98 Å². The highest BCUT2D eigenvalue weighted by atomic mass is 32.1. The molecule has 21 heavy (non-hydrogen) atoms. The number of unbranched alkanes of at least 4 members (excludes halogenated alkanes) is 1. The second kappa shape index (κ2) is 7.33. The molecule has 0 spiro atoms. The van der Waals surface area contributed by atoms with Crippen LogP contribution in [-0.2, 0) is 6.54 Å². The topological polar surface area (TPSA) is 57.5 Å². The fourth-order valence-corrected chi connectivity index (χ4v) is 3.02. The number of carboxylic acids is 1. The van der Waals surface area contributed by atoms with E-state index in [0.717, 1.165) is 23.7 Å². The van der Waals surface area contributed by atoms with Crippen LogP contribution in [0, 0.1) is 0 Å². The van der Waals surface area contributed by atoms with E-state index in [2.05, 4.69) is 31.1 Å². The first-order chi connectivity index (χ1) is 10.1. The predicted molar refractivity (Wildman–Crippen MR) is 82.2 cm³/mol. The molecule has 1 aromatic carbocycles. The zero-order valence-corrected chi connectivity index (χ0v) is 13.2. The quantitative estimate of drug-likeness (QED) is 0.830. The second-order valence-corrected chi connectivity index (χ2v) is 6.12. The SMILES string of the molecule is CCCC[NH+](C)Cc1cccc(-c2nc(C(=O)[O-])cs2)c1. The van der Waals surface area contributed by atoms with Crippen LogP contribution in [0.3, 0.4) is 0 Å². The van der Waals surface area contributed by atoms with Crippen molar-refractivity contribution in [2.75, 3.05) is 13.6 Å². The van der Waals surface area contributed by atoms with Gasteiger partial charge in [0.15, 0.2) is 0 Å². The van der Waals surface area contributed by atoms with E-state index in [1.54, 1.807) is 0 Å². The number of aromatic carboxylic acids is 1. The molecule has 0 saturated carbocycles. The van der Waals surface area contributed by atoms with E-state index in [1.807, 2.05) is 12.1 Å². The van der Waals surface area contributed by atoms with Crippen LogP contribution >= 0.6 is 11.3 Å². The Morgan fingerprint density at radius 3 is 2.90 bits per heavy atom. The predicted octanol–water partition coefficient (Wildman–Crippen LogP) is 0.988. The summed E-state index contributed by atoms with van der Waals surface area (Å²) in [5.74, 6) is -1.22. The Kier molecular flexibility index (Phi) is 5.47. The highest BCUT2D eigenvalue weighted by molar-refractivity contribution is 7.13. The summed E-state index contributed by atoms with van der Waals surface area (Å²) in [5, 5.41) is 13.0. The van der Waals surface area contributed by atoms with Crippen molar-refractivity contribution in [2.45, 2.75) is 26.3 Å². The summed E-state index contributed by atoms with van der Waals surface area (Å²) in [6.45, 7) is 4.32. The van der Waals surface area contributed by atoms with Crippen molar-refractivity contribution < 1.29 is 14.8 Å². The maximum Gasteiger partial charge on any atom is 0.124 e. The Morgan fingerprint density at radius 1 is 1.43 bits per heavy atom. The van der Waals surface area contributed by atoms with Gasteiger partial charge in [0.1, 0.15) is 11.6 Å². The standard InChI is InChI=1S/C16H20N2O2S/c1-3-4-8-18(2)10-12-6-5-7-13(9-12)15-17-14(11-21-15)16(19)20/h5-7,9,11H,3-4,8,10H2,1-2H3,(H,19,20). The molecule has 0 amide bonds. The molecule has 1 unspecified atom stereocenters. The molecule has 1 heterocycles. The Bertz CT molecular complexity index is 610. The number of aromatic nitrogens is 1. The Morgan fingerprint density at radius 2 is 2.24 bits per heavy atom. The largest absolute Gasteiger partial charge is 0.543 e. The number of carbonyl (C=O) groups excluding carboxylic acids is 1. The average molecular weight is 304 g/mol. The van der Waals surface area contributed by atoms with Crippen molar-refractivity contribution in [1.29, 1.82) is 0 Å². The van der Waals surface area contributed by atoms with Gasteiger partial charge in [-0.15, -0.1) is 11.3 Å². The van der Waals surface area contributed by atoms with Gasteiger partial charge >= 0.3 is 0 Å². The molecular formula is C16H20N2O2S. The number of benzene rings is 1. The molecule has 5 heteroatoms. The van der Waals surface area contributed by atoms with Crippen molar-refractivity contribution in [3.8, 4) is 10.6 Å². The third-order valence-corrected chi connectivity index (χ3v) is 4.24. The fourth-order valence-electron chi connectivity index (χ4n) is 2.23. The summed E-state index contributed by atoms with van der Waals surface area (Å²) in [6.07, 6.45) is 2.44. The molecule has 1 N–H and O–H groups in total. The van der Waals surface area contributed by atoms with Crippen LogP contribution in [0.5, 0.6) is 0 Å². The van der Waals surface area contributed by atoms with E-state index < -0.39 is 5.97 Å². The summed E-state index contributed by atoms with van der Waals surface area (Å²) < 4.78 is 0. The summed E-state index contributed by atoms with van der Waals surface area (Å²) in [5.41, 5.74) is 2.21. The van der Waals surface area contributed by atoms with Gasteiger partial charge in [-0.05, 0) is 12.5 Å². The first-order valence-electron chi connectivity index (χ1n) is 7.17. The van der Waals surface area contributed by atoms with E-state index in [1.165, 1.54) is 40.0 Å². The van der Waals surface area contributed by atoms with Crippen LogP contribution in [0.1, 0.15) is 35.8 Å².